The number of imidazole rings is 1. The van der Waals surface area contributed by atoms with Crippen molar-refractivity contribution < 1.29 is 8.42 Å². The number of sulfonamides is 1. The molecular formula is C16H21N3O2S. The number of aromatic nitrogens is 2. The van der Waals surface area contributed by atoms with E-state index in [9.17, 15) is 8.42 Å². The third-order valence-electron chi connectivity index (χ3n) is 4.22. The lowest BCUT2D eigenvalue weighted by Gasteiger charge is -2.30. The lowest BCUT2D eigenvalue weighted by Crippen LogP contribution is -2.38. The largest absolute Gasteiger partial charge is 0.348 e. The van der Waals surface area contributed by atoms with E-state index >= 15 is 0 Å². The fourth-order valence-electron chi connectivity index (χ4n) is 2.89. The van der Waals surface area contributed by atoms with Crippen LogP contribution in [0.3, 0.4) is 0 Å². The quantitative estimate of drug-likeness (QED) is 0.941. The molecule has 2 aromatic rings. The van der Waals surface area contributed by atoms with Crippen molar-refractivity contribution >= 4 is 10.0 Å². The summed E-state index contributed by atoms with van der Waals surface area (Å²) in [7, 11) is -3.24. The molecule has 1 aromatic carbocycles. The molecule has 0 amide bonds. The SMILES string of the molecule is Cc1ccc(CS(=O)(=O)N2CCC(c3ncc[nH]3)CC2)cc1. The molecule has 0 saturated carbocycles. The lowest BCUT2D eigenvalue weighted by atomic mass is 9.98. The summed E-state index contributed by atoms with van der Waals surface area (Å²) in [5.41, 5.74) is 1.99. The first-order valence-electron chi connectivity index (χ1n) is 7.57. The number of hydrogen-bond donors (Lipinski definition) is 1. The van der Waals surface area contributed by atoms with Crippen LogP contribution in [0.5, 0.6) is 0 Å². The summed E-state index contributed by atoms with van der Waals surface area (Å²) in [5, 5.41) is 0. The molecule has 0 spiro atoms. The van der Waals surface area contributed by atoms with E-state index in [-0.39, 0.29) is 5.75 Å². The molecule has 1 aliphatic heterocycles. The van der Waals surface area contributed by atoms with Gasteiger partial charge in [0.15, 0.2) is 0 Å². The van der Waals surface area contributed by atoms with E-state index in [4.69, 9.17) is 0 Å². The number of nitrogens with zero attached hydrogens (tertiary/aromatic N) is 2. The van der Waals surface area contributed by atoms with Gasteiger partial charge in [0.1, 0.15) is 5.82 Å². The normalized spacial score (nSPS) is 17.7. The number of hydrogen-bond acceptors (Lipinski definition) is 3. The van der Waals surface area contributed by atoms with Crippen molar-refractivity contribution in [3.63, 3.8) is 0 Å². The number of rotatable bonds is 4. The predicted octanol–water partition coefficient (Wildman–Crippen LogP) is 2.43. The van der Waals surface area contributed by atoms with Crippen LogP contribution in [0.1, 0.15) is 35.7 Å². The van der Waals surface area contributed by atoms with Crippen LogP contribution in [0.25, 0.3) is 0 Å². The van der Waals surface area contributed by atoms with Gasteiger partial charge in [-0.25, -0.2) is 17.7 Å². The predicted molar refractivity (Wildman–Crippen MR) is 85.9 cm³/mol. The summed E-state index contributed by atoms with van der Waals surface area (Å²) >= 11 is 0. The van der Waals surface area contributed by atoms with Gasteiger partial charge in [-0.2, -0.15) is 0 Å². The van der Waals surface area contributed by atoms with E-state index in [1.54, 1.807) is 10.5 Å². The Morgan fingerprint density at radius 1 is 1.23 bits per heavy atom. The summed E-state index contributed by atoms with van der Waals surface area (Å²) < 4.78 is 26.7. The molecule has 1 aromatic heterocycles. The van der Waals surface area contributed by atoms with E-state index in [2.05, 4.69) is 9.97 Å². The number of aromatic amines is 1. The molecule has 2 heterocycles. The van der Waals surface area contributed by atoms with Gasteiger partial charge >= 0.3 is 0 Å². The number of H-pyrrole nitrogens is 1. The molecule has 22 heavy (non-hydrogen) atoms. The number of nitrogens with one attached hydrogen (secondary N) is 1. The zero-order valence-electron chi connectivity index (χ0n) is 12.7. The number of aryl methyl sites for hydroxylation is 1. The average molecular weight is 319 g/mol. The molecule has 1 aliphatic rings. The van der Waals surface area contributed by atoms with Gasteiger partial charge in [-0.05, 0) is 25.3 Å². The monoisotopic (exact) mass is 319 g/mol. The second-order valence-corrected chi connectivity index (χ2v) is 7.86. The molecule has 0 radical (unpaired) electrons. The Bertz CT molecular complexity index is 700. The highest BCUT2D eigenvalue weighted by atomic mass is 32.2. The highest BCUT2D eigenvalue weighted by molar-refractivity contribution is 7.88. The van der Waals surface area contributed by atoms with Crippen LogP contribution in [0, 0.1) is 6.92 Å². The van der Waals surface area contributed by atoms with Crippen molar-refractivity contribution in [3.8, 4) is 0 Å². The Labute approximate surface area is 131 Å². The summed E-state index contributed by atoms with van der Waals surface area (Å²) in [4.78, 5) is 7.41. The maximum absolute atomic E-state index is 12.5. The van der Waals surface area contributed by atoms with Crippen LogP contribution in [0.2, 0.25) is 0 Å². The van der Waals surface area contributed by atoms with Crippen molar-refractivity contribution in [3.05, 3.63) is 53.6 Å². The summed E-state index contributed by atoms with van der Waals surface area (Å²) in [6.07, 6.45) is 5.20. The maximum Gasteiger partial charge on any atom is 0.218 e. The molecule has 5 nitrogen and oxygen atoms in total. The Kier molecular flexibility index (Phi) is 4.31. The third-order valence-corrected chi connectivity index (χ3v) is 6.07. The van der Waals surface area contributed by atoms with Gasteiger partial charge in [0.05, 0.1) is 5.75 Å². The van der Waals surface area contributed by atoms with Gasteiger partial charge in [-0.3, -0.25) is 0 Å². The van der Waals surface area contributed by atoms with Crippen molar-refractivity contribution in [1.82, 2.24) is 14.3 Å². The van der Waals surface area contributed by atoms with Crippen molar-refractivity contribution in [2.75, 3.05) is 13.1 Å². The summed E-state index contributed by atoms with van der Waals surface area (Å²) in [6.45, 7) is 3.14. The Morgan fingerprint density at radius 2 is 1.91 bits per heavy atom. The minimum Gasteiger partial charge on any atom is -0.348 e. The first-order chi connectivity index (χ1) is 10.5. The minimum atomic E-state index is -3.24. The van der Waals surface area contributed by atoms with Gasteiger partial charge < -0.3 is 4.98 Å². The Balaban J connectivity index is 1.63. The van der Waals surface area contributed by atoms with Crippen LogP contribution >= 0.6 is 0 Å². The van der Waals surface area contributed by atoms with Crippen LogP contribution in [0.15, 0.2) is 36.7 Å². The van der Waals surface area contributed by atoms with Gasteiger partial charge in [0.25, 0.3) is 0 Å². The average Bonchev–Trinajstić information content (AvgIpc) is 3.04. The molecule has 0 atom stereocenters. The van der Waals surface area contributed by atoms with Crippen molar-refractivity contribution in [1.29, 1.82) is 0 Å². The second kappa shape index (κ2) is 6.22. The van der Waals surface area contributed by atoms with E-state index < -0.39 is 10.0 Å². The first kappa shape index (κ1) is 15.2. The fourth-order valence-corrected chi connectivity index (χ4v) is 4.46. The molecule has 0 bridgehead atoms. The van der Waals surface area contributed by atoms with Crippen LogP contribution in [-0.4, -0.2) is 35.8 Å². The molecule has 1 fully saturated rings. The zero-order chi connectivity index (χ0) is 15.6. The van der Waals surface area contributed by atoms with Crippen molar-refractivity contribution in [2.45, 2.75) is 31.4 Å². The zero-order valence-corrected chi connectivity index (χ0v) is 13.5. The fraction of sp³-hybridized carbons (Fsp3) is 0.438. The van der Waals surface area contributed by atoms with Crippen LogP contribution in [0.4, 0.5) is 0 Å². The van der Waals surface area contributed by atoms with Crippen LogP contribution in [-0.2, 0) is 15.8 Å². The molecule has 3 rings (SSSR count). The molecule has 0 unspecified atom stereocenters. The maximum atomic E-state index is 12.5. The van der Waals surface area contributed by atoms with Gasteiger partial charge in [0.2, 0.25) is 10.0 Å². The van der Waals surface area contributed by atoms with Gasteiger partial charge in [-0.1, -0.05) is 29.8 Å². The molecule has 0 aliphatic carbocycles. The van der Waals surface area contributed by atoms with E-state index in [0.717, 1.165) is 29.8 Å². The van der Waals surface area contributed by atoms with Crippen LogP contribution < -0.4 is 0 Å². The van der Waals surface area contributed by atoms with E-state index in [1.165, 1.54) is 0 Å². The highest BCUT2D eigenvalue weighted by Gasteiger charge is 2.29. The van der Waals surface area contributed by atoms with E-state index in [0.29, 0.717) is 19.0 Å². The molecule has 6 heteroatoms. The topological polar surface area (TPSA) is 66.1 Å². The smallest absolute Gasteiger partial charge is 0.218 e. The van der Waals surface area contributed by atoms with Gasteiger partial charge in [-0.15, -0.1) is 0 Å². The van der Waals surface area contributed by atoms with Gasteiger partial charge in [0, 0.05) is 31.4 Å². The molecule has 1 saturated heterocycles. The first-order valence-corrected chi connectivity index (χ1v) is 9.18. The lowest BCUT2D eigenvalue weighted by molar-refractivity contribution is 0.314. The second-order valence-electron chi connectivity index (χ2n) is 5.89. The van der Waals surface area contributed by atoms with E-state index in [1.807, 2.05) is 37.4 Å². The summed E-state index contributed by atoms with van der Waals surface area (Å²) in [5.74, 6) is 1.38. The van der Waals surface area contributed by atoms with Crippen molar-refractivity contribution in [2.24, 2.45) is 0 Å². The third kappa shape index (κ3) is 3.39. The number of piperidine rings is 1. The Morgan fingerprint density at radius 3 is 2.50 bits per heavy atom. The summed E-state index contributed by atoms with van der Waals surface area (Å²) in [6, 6.07) is 7.69. The molecule has 118 valence electrons. The molecule has 1 N–H and O–H groups in total. The Hall–Kier alpha value is -1.66. The number of benzene rings is 1. The highest BCUT2D eigenvalue weighted by Crippen LogP contribution is 2.27. The minimum absolute atomic E-state index is 0.0820. The molecular weight excluding hydrogens is 298 g/mol. The standard InChI is InChI=1S/C16H21N3O2S/c1-13-2-4-14(5-3-13)12-22(20,21)19-10-6-15(7-11-19)16-17-8-9-18-16/h2-5,8-9,15H,6-7,10-12H2,1H3,(H,17,18).